The fourth-order valence-electron chi connectivity index (χ4n) is 1.83. The van der Waals surface area contributed by atoms with Crippen LogP contribution in [0.15, 0.2) is 89.8 Å². The van der Waals surface area contributed by atoms with Gasteiger partial charge in [0.2, 0.25) is 0 Å². The fraction of sp³-hybridized carbons (Fsp3) is 0.0909. The molecule has 0 spiro atoms. The Hall–Kier alpha value is -2.92. The molecule has 0 atom stereocenters. The van der Waals surface area contributed by atoms with Crippen molar-refractivity contribution >= 4 is 17.2 Å². The number of hydrogen-bond acceptors (Lipinski definition) is 4. The molecule has 4 nitrogen and oxygen atoms in total. The highest BCUT2D eigenvalue weighted by molar-refractivity contribution is 7.72. The van der Waals surface area contributed by atoms with Gasteiger partial charge in [-0.15, -0.1) is 0 Å². The number of aryl methyl sites for hydroxylation is 1. The maximum atomic E-state index is 10.3. The molecule has 5 heteroatoms. The van der Waals surface area contributed by atoms with E-state index in [-0.39, 0.29) is 0 Å². The average Bonchev–Trinajstić information content (AvgIpc) is 2.69. The van der Waals surface area contributed by atoms with Crippen LogP contribution in [0, 0.1) is 13.8 Å². The molecule has 0 fully saturated rings. The van der Waals surface area contributed by atoms with Crippen LogP contribution in [0.5, 0.6) is 0 Å². The van der Waals surface area contributed by atoms with Gasteiger partial charge in [-0.05, 0) is 37.1 Å². The average molecular weight is 382 g/mol. The maximum Gasteiger partial charge on any atom is 0.417 e. The zero-order valence-electron chi connectivity index (χ0n) is 15.1. The van der Waals surface area contributed by atoms with Crippen LogP contribution in [0.4, 0.5) is 0 Å². The molecule has 3 aromatic rings. The molecule has 2 radical (unpaired) electrons. The van der Waals surface area contributed by atoms with Gasteiger partial charge in [-0.25, -0.2) is 13.2 Å². The predicted octanol–water partition coefficient (Wildman–Crippen LogP) is 4.10. The minimum atomic E-state index is -2.41. The molecule has 140 valence electrons. The standard InChI is InChI=1S/C8H7O2.C7H8O2S.C7H7/c9-7-10-6-8-4-2-1-3-5-8;1-6-2-4-7(5-3-6)10(8)9;1-7-5-3-2-4-6-7/h1-5H,6H2;2-5,10H,1H3;2-6H,1H2. The summed E-state index contributed by atoms with van der Waals surface area (Å²) in [6.45, 7) is 7.31. The maximum absolute atomic E-state index is 10.3. The molecule has 0 saturated heterocycles. The van der Waals surface area contributed by atoms with Crippen LogP contribution in [0.25, 0.3) is 0 Å². The van der Waals surface area contributed by atoms with E-state index < -0.39 is 10.7 Å². The van der Waals surface area contributed by atoms with Gasteiger partial charge in [0.15, 0.2) is 10.7 Å². The van der Waals surface area contributed by atoms with Crippen molar-refractivity contribution in [3.63, 3.8) is 0 Å². The third kappa shape index (κ3) is 10.6. The highest BCUT2D eigenvalue weighted by atomic mass is 32.2. The van der Waals surface area contributed by atoms with Gasteiger partial charge in [-0.1, -0.05) is 78.4 Å². The molecule has 0 N–H and O–H groups in total. The third-order valence-electron chi connectivity index (χ3n) is 3.23. The van der Waals surface area contributed by atoms with E-state index in [0.717, 1.165) is 16.7 Å². The van der Waals surface area contributed by atoms with Crippen molar-refractivity contribution in [2.75, 3.05) is 0 Å². The van der Waals surface area contributed by atoms with Crippen LogP contribution in [-0.2, 0) is 26.8 Å². The first kappa shape index (κ1) is 22.1. The molecule has 0 bridgehead atoms. The molecule has 0 aliphatic rings. The lowest BCUT2D eigenvalue weighted by molar-refractivity contribution is 0.267. The molecule has 3 rings (SSSR count). The highest BCUT2D eigenvalue weighted by Gasteiger charge is 1.90. The summed E-state index contributed by atoms with van der Waals surface area (Å²) in [7, 11) is -2.41. The first-order valence-corrected chi connectivity index (χ1v) is 9.31. The van der Waals surface area contributed by atoms with Gasteiger partial charge in [-0.3, -0.25) is 0 Å². The minimum absolute atomic E-state index is 0.310. The van der Waals surface area contributed by atoms with Crippen LogP contribution in [-0.4, -0.2) is 14.9 Å². The molecular formula is C22H22O4S. The van der Waals surface area contributed by atoms with Gasteiger partial charge in [0.25, 0.3) is 0 Å². The summed E-state index contributed by atoms with van der Waals surface area (Å²) in [5.41, 5.74) is 3.12. The smallest absolute Gasteiger partial charge is 0.417 e. The van der Waals surface area contributed by atoms with Crippen LogP contribution in [0.3, 0.4) is 0 Å². The summed E-state index contributed by atoms with van der Waals surface area (Å²) in [5, 5.41) is 0. The van der Waals surface area contributed by atoms with Crippen molar-refractivity contribution in [3.05, 3.63) is 109 Å². The second kappa shape index (κ2) is 13.3. The van der Waals surface area contributed by atoms with Crippen LogP contribution in [0.2, 0.25) is 0 Å². The zero-order valence-corrected chi connectivity index (χ0v) is 16.0. The summed E-state index contributed by atoms with van der Waals surface area (Å²) in [6, 6.07) is 26.1. The van der Waals surface area contributed by atoms with Crippen molar-refractivity contribution in [2.24, 2.45) is 0 Å². The Morgan fingerprint density at radius 3 is 1.78 bits per heavy atom. The Kier molecular flexibility index (Phi) is 10.9. The van der Waals surface area contributed by atoms with Crippen LogP contribution in [0.1, 0.15) is 16.7 Å². The first-order chi connectivity index (χ1) is 13.0. The fourth-order valence-corrected chi connectivity index (χ4v) is 2.22. The SMILES string of the molecule is Cc1ccc([SH](=O)=O)cc1.O=[C]OCc1ccccc1.[CH2]c1ccccc1. The highest BCUT2D eigenvalue weighted by Crippen LogP contribution is 2.03. The Bertz CT molecular complexity index is 835. The summed E-state index contributed by atoms with van der Waals surface area (Å²) >= 11 is 0. The Balaban J connectivity index is 0.000000206. The number of rotatable bonds is 4. The van der Waals surface area contributed by atoms with Crippen LogP contribution < -0.4 is 0 Å². The largest absolute Gasteiger partial charge is 0.452 e. The van der Waals surface area contributed by atoms with E-state index in [9.17, 15) is 13.2 Å². The van der Waals surface area contributed by atoms with Crippen LogP contribution >= 0.6 is 0 Å². The molecule has 3 aromatic carbocycles. The number of hydrogen-bond donors (Lipinski definition) is 1. The number of carbonyl (C=O) groups excluding carboxylic acids is 1. The minimum Gasteiger partial charge on any atom is -0.452 e. The monoisotopic (exact) mass is 382 g/mol. The predicted molar refractivity (Wildman–Crippen MR) is 108 cm³/mol. The quantitative estimate of drug-likeness (QED) is 0.690. The number of ether oxygens (including phenoxy) is 1. The molecule has 0 aromatic heterocycles. The molecule has 0 heterocycles. The van der Waals surface area contributed by atoms with E-state index in [1.807, 2.05) is 67.6 Å². The van der Waals surface area contributed by atoms with Gasteiger partial charge in [-0.2, -0.15) is 0 Å². The molecule has 0 aliphatic carbocycles. The van der Waals surface area contributed by atoms with E-state index >= 15 is 0 Å². The van der Waals surface area contributed by atoms with Crippen molar-refractivity contribution in [3.8, 4) is 0 Å². The second-order valence-corrected chi connectivity index (χ2v) is 6.47. The van der Waals surface area contributed by atoms with E-state index in [1.165, 1.54) is 6.47 Å². The second-order valence-electron chi connectivity index (χ2n) is 5.44. The van der Waals surface area contributed by atoms with Gasteiger partial charge >= 0.3 is 6.47 Å². The van der Waals surface area contributed by atoms with Crippen molar-refractivity contribution < 1.29 is 17.9 Å². The van der Waals surface area contributed by atoms with Crippen molar-refractivity contribution in [2.45, 2.75) is 18.4 Å². The molecule has 0 unspecified atom stereocenters. The molecule has 0 amide bonds. The van der Waals surface area contributed by atoms with E-state index in [0.29, 0.717) is 11.5 Å². The van der Waals surface area contributed by atoms with E-state index in [2.05, 4.69) is 11.7 Å². The van der Waals surface area contributed by atoms with Gasteiger partial charge in [0.05, 0.1) is 4.90 Å². The Morgan fingerprint density at radius 2 is 1.37 bits per heavy atom. The van der Waals surface area contributed by atoms with Crippen molar-refractivity contribution in [1.29, 1.82) is 0 Å². The summed E-state index contributed by atoms with van der Waals surface area (Å²) in [5.74, 6) is 0. The van der Waals surface area contributed by atoms with Gasteiger partial charge < -0.3 is 4.74 Å². The summed E-state index contributed by atoms with van der Waals surface area (Å²) in [6.07, 6.45) is 0. The Labute approximate surface area is 162 Å². The summed E-state index contributed by atoms with van der Waals surface area (Å²) in [4.78, 5) is 10.0. The molecule has 0 aliphatic heterocycles. The topological polar surface area (TPSA) is 60.4 Å². The number of benzene rings is 3. The molecule has 27 heavy (non-hydrogen) atoms. The third-order valence-corrected chi connectivity index (χ3v) is 3.95. The van der Waals surface area contributed by atoms with Gasteiger partial charge in [0.1, 0.15) is 6.61 Å². The normalized spacial score (nSPS) is 9.30. The number of thiol groups is 1. The molecular weight excluding hydrogens is 360 g/mol. The summed E-state index contributed by atoms with van der Waals surface area (Å²) < 4.78 is 25.1. The lowest BCUT2D eigenvalue weighted by atomic mass is 10.2. The Morgan fingerprint density at radius 1 is 0.852 bits per heavy atom. The molecule has 0 saturated carbocycles. The first-order valence-electron chi connectivity index (χ1n) is 8.14. The van der Waals surface area contributed by atoms with E-state index in [4.69, 9.17) is 0 Å². The zero-order chi connectivity index (χ0) is 19.9. The lowest BCUT2D eigenvalue weighted by Crippen LogP contribution is -1.87. The van der Waals surface area contributed by atoms with Crippen molar-refractivity contribution in [1.82, 2.24) is 0 Å². The van der Waals surface area contributed by atoms with E-state index in [1.54, 1.807) is 24.3 Å². The lowest BCUT2D eigenvalue weighted by Gasteiger charge is -1.95. The van der Waals surface area contributed by atoms with Gasteiger partial charge in [0, 0.05) is 0 Å².